The molecule has 1 aliphatic heterocycles. The summed E-state index contributed by atoms with van der Waals surface area (Å²) in [4.78, 5) is 0. The Morgan fingerprint density at radius 3 is 2.38 bits per heavy atom. The Kier molecular flexibility index (Phi) is 2.36. The van der Waals surface area contributed by atoms with Gasteiger partial charge < -0.3 is 5.32 Å². The van der Waals surface area contributed by atoms with E-state index in [1.807, 2.05) is 0 Å². The van der Waals surface area contributed by atoms with Crippen LogP contribution in [0.15, 0.2) is 30.3 Å². The van der Waals surface area contributed by atoms with Crippen LogP contribution in [0.3, 0.4) is 0 Å². The van der Waals surface area contributed by atoms with Crippen LogP contribution in [0, 0.1) is 0 Å². The maximum Gasteiger partial charge on any atom is 0.0110 e. The van der Waals surface area contributed by atoms with Crippen molar-refractivity contribution in [3.05, 3.63) is 35.9 Å². The van der Waals surface area contributed by atoms with Gasteiger partial charge in [0.1, 0.15) is 0 Å². The van der Waals surface area contributed by atoms with Crippen LogP contribution in [0.5, 0.6) is 0 Å². The Balaban J connectivity index is 2.18. The lowest BCUT2D eigenvalue weighted by Crippen LogP contribution is -2.26. The highest BCUT2D eigenvalue weighted by atomic mass is 15.0. The Hall–Kier alpha value is -0.820. The number of hydrogen-bond donors (Lipinski definition) is 1. The lowest BCUT2D eigenvalue weighted by atomic mass is 9.92. The number of benzene rings is 1. The first-order valence-electron chi connectivity index (χ1n) is 5.08. The quantitative estimate of drug-likeness (QED) is 0.691. The third kappa shape index (κ3) is 1.75. The number of nitrogens with one attached hydrogen (secondary N) is 1. The van der Waals surface area contributed by atoms with Gasteiger partial charge in [-0.2, -0.15) is 0 Å². The highest BCUT2D eigenvalue weighted by molar-refractivity contribution is 5.22. The Labute approximate surface area is 80.2 Å². The predicted octanol–water partition coefficient (Wildman–Crippen LogP) is 2.54. The third-order valence-electron chi connectivity index (χ3n) is 2.99. The average molecular weight is 175 g/mol. The second-order valence-corrected chi connectivity index (χ2v) is 4.11. The predicted molar refractivity (Wildman–Crippen MR) is 55.9 cm³/mol. The summed E-state index contributed by atoms with van der Waals surface area (Å²) in [6, 6.07) is 12.1. The molecule has 0 radical (unpaired) electrons. The van der Waals surface area contributed by atoms with E-state index in [-0.39, 0.29) is 0 Å². The van der Waals surface area contributed by atoms with Crippen LogP contribution in [-0.4, -0.2) is 12.1 Å². The van der Waals surface area contributed by atoms with E-state index in [9.17, 15) is 0 Å². The highest BCUT2D eigenvalue weighted by Crippen LogP contribution is 2.30. The molecule has 1 saturated heterocycles. The van der Waals surface area contributed by atoms with Crippen molar-refractivity contribution in [1.29, 1.82) is 0 Å². The molecule has 0 spiro atoms. The van der Waals surface area contributed by atoms with Crippen LogP contribution in [0.2, 0.25) is 0 Å². The van der Waals surface area contributed by atoms with Gasteiger partial charge in [0.2, 0.25) is 0 Å². The zero-order valence-corrected chi connectivity index (χ0v) is 8.33. The third-order valence-corrected chi connectivity index (χ3v) is 2.99. The molecule has 1 aromatic rings. The largest absolute Gasteiger partial charge is 0.311 e. The first-order valence-corrected chi connectivity index (χ1v) is 5.08. The summed E-state index contributed by atoms with van der Waals surface area (Å²) in [5.74, 6) is 0.705. The maximum absolute atomic E-state index is 3.57. The SMILES string of the molecule is C[C@H]1C[C@H](c2ccccc2)[C@@H](C)N1. The summed E-state index contributed by atoms with van der Waals surface area (Å²) in [7, 11) is 0. The molecule has 13 heavy (non-hydrogen) atoms. The molecule has 70 valence electrons. The minimum Gasteiger partial charge on any atom is -0.311 e. The first-order chi connectivity index (χ1) is 6.27. The van der Waals surface area contributed by atoms with Crippen molar-refractivity contribution in [1.82, 2.24) is 5.32 Å². The molecule has 0 bridgehead atoms. The second-order valence-electron chi connectivity index (χ2n) is 4.11. The van der Waals surface area contributed by atoms with Crippen molar-refractivity contribution in [3.63, 3.8) is 0 Å². The normalized spacial score (nSPS) is 33.5. The van der Waals surface area contributed by atoms with Gasteiger partial charge in [0.05, 0.1) is 0 Å². The molecule has 0 aliphatic carbocycles. The summed E-state index contributed by atoms with van der Waals surface area (Å²) < 4.78 is 0. The summed E-state index contributed by atoms with van der Waals surface area (Å²) in [5, 5.41) is 3.57. The van der Waals surface area contributed by atoms with Crippen molar-refractivity contribution in [2.24, 2.45) is 0 Å². The van der Waals surface area contributed by atoms with Gasteiger partial charge in [-0.3, -0.25) is 0 Å². The van der Waals surface area contributed by atoms with Crippen molar-refractivity contribution in [2.45, 2.75) is 38.3 Å². The number of rotatable bonds is 1. The molecule has 1 fully saturated rings. The molecule has 3 atom stereocenters. The zero-order valence-electron chi connectivity index (χ0n) is 8.33. The van der Waals surface area contributed by atoms with Gasteiger partial charge >= 0.3 is 0 Å². The molecule has 1 heterocycles. The van der Waals surface area contributed by atoms with Gasteiger partial charge in [-0.15, -0.1) is 0 Å². The van der Waals surface area contributed by atoms with Gasteiger partial charge in [-0.1, -0.05) is 30.3 Å². The Morgan fingerprint density at radius 2 is 1.85 bits per heavy atom. The molecule has 1 aromatic carbocycles. The minimum absolute atomic E-state index is 0.623. The van der Waals surface area contributed by atoms with Crippen LogP contribution in [-0.2, 0) is 0 Å². The van der Waals surface area contributed by atoms with Gasteiger partial charge in [0.15, 0.2) is 0 Å². The molecule has 0 saturated carbocycles. The van der Waals surface area contributed by atoms with Gasteiger partial charge in [-0.05, 0) is 25.8 Å². The monoisotopic (exact) mass is 175 g/mol. The smallest absolute Gasteiger partial charge is 0.0110 e. The molecule has 0 aromatic heterocycles. The number of hydrogen-bond acceptors (Lipinski definition) is 1. The van der Waals surface area contributed by atoms with Crippen LogP contribution in [0.4, 0.5) is 0 Å². The molecular formula is C12H17N. The molecule has 1 aliphatic rings. The lowest BCUT2D eigenvalue weighted by molar-refractivity contribution is 0.575. The van der Waals surface area contributed by atoms with Crippen LogP contribution in [0.1, 0.15) is 31.7 Å². The fourth-order valence-electron chi connectivity index (χ4n) is 2.34. The van der Waals surface area contributed by atoms with Crippen molar-refractivity contribution in [3.8, 4) is 0 Å². The van der Waals surface area contributed by atoms with Crippen molar-refractivity contribution in [2.75, 3.05) is 0 Å². The van der Waals surface area contributed by atoms with E-state index in [0.29, 0.717) is 18.0 Å². The molecular weight excluding hydrogens is 158 g/mol. The molecule has 0 amide bonds. The van der Waals surface area contributed by atoms with Crippen LogP contribution < -0.4 is 5.32 Å². The van der Waals surface area contributed by atoms with E-state index in [0.717, 1.165) is 0 Å². The Morgan fingerprint density at radius 1 is 1.15 bits per heavy atom. The standard InChI is InChI=1S/C12H17N/c1-9-8-12(10(2)13-9)11-6-4-3-5-7-11/h3-7,9-10,12-13H,8H2,1-2H3/t9-,10+,12-/m0/s1. The van der Waals surface area contributed by atoms with Gasteiger partial charge in [0, 0.05) is 18.0 Å². The van der Waals surface area contributed by atoms with E-state index >= 15 is 0 Å². The fraction of sp³-hybridized carbons (Fsp3) is 0.500. The van der Waals surface area contributed by atoms with Crippen LogP contribution >= 0.6 is 0 Å². The molecule has 0 unspecified atom stereocenters. The van der Waals surface area contributed by atoms with E-state index in [1.54, 1.807) is 0 Å². The van der Waals surface area contributed by atoms with Gasteiger partial charge in [0.25, 0.3) is 0 Å². The highest BCUT2D eigenvalue weighted by Gasteiger charge is 2.28. The summed E-state index contributed by atoms with van der Waals surface area (Å²) in [5.41, 5.74) is 1.48. The maximum atomic E-state index is 3.57. The molecule has 1 nitrogen and oxygen atoms in total. The van der Waals surface area contributed by atoms with E-state index in [4.69, 9.17) is 0 Å². The zero-order chi connectivity index (χ0) is 9.26. The van der Waals surface area contributed by atoms with Crippen LogP contribution in [0.25, 0.3) is 0 Å². The molecule has 1 heteroatoms. The first kappa shape index (κ1) is 8.76. The fourth-order valence-corrected chi connectivity index (χ4v) is 2.34. The average Bonchev–Trinajstić information content (AvgIpc) is 2.47. The van der Waals surface area contributed by atoms with E-state index < -0.39 is 0 Å². The lowest BCUT2D eigenvalue weighted by Gasteiger charge is -2.14. The van der Waals surface area contributed by atoms with E-state index in [1.165, 1.54) is 12.0 Å². The molecule has 1 N–H and O–H groups in total. The Bertz CT molecular complexity index is 268. The van der Waals surface area contributed by atoms with Crippen molar-refractivity contribution >= 4 is 0 Å². The summed E-state index contributed by atoms with van der Waals surface area (Å²) in [6.07, 6.45) is 1.27. The van der Waals surface area contributed by atoms with Gasteiger partial charge in [-0.25, -0.2) is 0 Å². The van der Waals surface area contributed by atoms with Crippen molar-refractivity contribution < 1.29 is 0 Å². The summed E-state index contributed by atoms with van der Waals surface area (Å²) in [6.45, 7) is 4.54. The second kappa shape index (κ2) is 3.51. The van der Waals surface area contributed by atoms with E-state index in [2.05, 4.69) is 49.5 Å². The molecule has 2 rings (SSSR count). The topological polar surface area (TPSA) is 12.0 Å². The summed E-state index contributed by atoms with van der Waals surface area (Å²) >= 11 is 0. The minimum atomic E-state index is 0.623.